The standard InChI is InChI=1S/C17H19BrO2/c1-12(2)20-16-7-5-4-6-15(16)17(3,19)13-8-10-14(18)11-9-13/h4-12,19H,1-3H3. The van der Waals surface area contributed by atoms with Crippen molar-refractivity contribution in [3.8, 4) is 5.75 Å². The highest BCUT2D eigenvalue weighted by atomic mass is 79.9. The SMILES string of the molecule is CC(C)Oc1ccccc1C(C)(O)c1ccc(Br)cc1. The van der Waals surface area contributed by atoms with E-state index >= 15 is 0 Å². The first-order valence-electron chi connectivity index (χ1n) is 6.66. The molecule has 0 amide bonds. The van der Waals surface area contributed by atoms with Crippen LogP contribution in [0.1, 0.15) is 31.9 Å². The molecule has 0 heterocycles. The van der Waals surface area contributed by atoms with Gasteiger partial charge >= 0.3 is 0 Å². The van der Waals surface area contributed by atoms with Gasteiger partial charge in [-0.1, -0.05) is 46.3 Å². The van der Waals surface area contributed by atoms with Gasteiger partial charge in [0.25, 0.3) is 0 Å². The minimum absolute atomic E-state index is 0.0665. The van der Waals surface area contributed by atoms with Gasteiger partial charge in [0, 0.05) is 10.0 Å². The summed E-state index contributed by atoms with van der Waals surface area (Å²) < 4.78 is 6.80. The molecule has 0 aliphatic rings. The predicted octanol–water partition coefficient (Wildman–Crippen LogP) is 4.49. The molecule has 0 bridgehead atoms. The Morgan fingerprint density at radius 1 is 1.05 bits per heavy atom. The zero-order chi connectivity index (χ0) is 14.8. The van der Waals surface area contributed by atoms with Gasteiger partial charge in [-0.3, -0.25) is 0 Å². The number of para-hydroxylation sites is 1. The summed E-state index contributed by atoms with van der Waals surface area (Å²) in [4.78, 5) is 0. The molecule has 0 saturated heterocycles. The molecule has 1 atom stereocenters. The molecule has 2 aromatic carbocycles. The van der Waals surface area contributed by atoms with E-state index in [1.165, 1.54) is 0 Å². The topological polar surface area (TPSA) is 29.5 Å². The van der Waals surface area contributed by atoms with Gasteiger partial charge in [-0.25, -0.2) is 0 Å². The summed E-state index contributed by atoms with van der Waals surface area (Å²) >= 11 is 3.41. The van der Waals surface area contributed by atoms with Gasteiger partial charge in [0.15, 0.2) is 0 Å². The summed E-state index contributed by atoms with van der Waals surface area (Å²) in [5.74, 6) is 0.718. The molecule has 3 heteroatoms. The average Bonchev–Trinajstić information content (AvgIpc) is 2.39. The fourth-order valence-corrected chi connectivity index (χ4v) is 2.42. The molecule has 106 valence electrons. The summed E-state index contributed by atoms with van der Waals surface area (Å²) in [7, 11) is 0. The number of halogens is 1. The van der Waals surface area contributed by atoms with Gasteiger partial charge in [-0.15, -0.1) is 0 Å². The molecule has 2 aromatic rings. The van der Waals surface area contributed by atoms with Crippen LogP contribution in [-0.4, -0.2) is 11.2 Å². The van der Waals surface area contributed by atoms with E-state index in [9.17, 15) is 5.11 Å². The summed E-state index contributed by atoms with van der Waals surface area (Å²) in [6, 6.07) is 15.3. The minimum Gasteiger partial charge on any atom is -0.491 e. The Kier molecular flexibility index (Phi) is 4.51. The Labute approximate surface area is 128 Å². The van der Waals surface area contributed by atoms with E-state index in [1.807, 2.05) is 62.4 Å². The van der Waals surface area contributed by atoms with Gasteiger partial charge in [-0.05, 0) is 44.5 Å². The summed E-state index contributed by atoms with van der Waals surface area (Å²) in [5, 5.41) is 10.9. The van der Waals surface area contributed by atoms with Crippen LogP contribution in [0.4, 0.5) is 0 Å². The number of hydrogen-bond donors (Lipinski definition) is 1. The molecular formula is C17H19BrO2. The number of rotatable bonds is 4. The Morgan fingerprint density at radius 2 is 1.65 bits per heavy atom. The van der Waals surface area contributed by atoms with Crippen LogP contribution < -0.4 is 4.74 Å². The first-order valence-corrected chi connectivity index (χ1v) is 7.45. The Morgan fingerprint density at radius 3 is 2.25 bits per heavy atom. The van der Waals surface area contributed by atoms with E-state index in [0.717, 1.165) is 21.3 Å². The van der Waals surface area contributed by atoms with Crippen molar-refractivity contribution in [2.45, 2.75) is 32.5 Å². The predicted molar refractivity (Wildman–Crippen MR) is 85.0 cm³/mol. The van der Waals surface area contributed by atoms with Crippen LogP contribution in [0.2, 0.25) is 0 Å². The molecule has 0 radical (unpaired) electrons. The van der Waals surface area contributed by atoms with Crippen molar-refractivity contribution in [1.82, 2.24) is 0 Å². The van der Waals surface area contributed by atoms with Gasteiger partial charge in [0.05, 0.1) is 6.10 Å². The largest absolute Gasteiger partial charge is 0.491 e. The first-order chi connectivity index (χ1) is 9.41. The molecule has 0 aliphatic heterocycles. The lowest BCUT2D eigenvalue weighted by atomic mass is 9.87. The highest BCUT2D eigenvalue weighted by Crippen LogP contribution is 2.36. The lowest BCUT2D eigenvalue weighted by Gasteiger charge is -2.27. The van der Waals surface area contributed by atoms with Crippen molar-refractivity contribution in [2.24, 2.45) is 0 Å². The number of hydrogen-bond acceptors (Lipinski definition) is 2. The molecule has 0 aliphatic carbocycles. The molecule has 1 unspecified atom stereocenters. The quantitative estimate of drug-likeness (QED) is 0.892. The van der Waals surface area contributed by atoms with Crippen LogP contribution in [0.5, 0.6) is 5.75 Å². The first kappa shape index (κ1) is 15.1. The van der Waals surface area contributed by atoms with E-state index in [4.69, 9.17) is 4.74 Å². The van der Waals surface area contributed by atoms with Gasteiger partial charge in [-0.2, -0.15) is 0 Å². The monoisotopic (exact) mass is 334 g/mol. The molecule has 0 fully saturated rings. The molecule has 0 aromatic heterocycles. The Bertz CT molecular complexity index is 574. The zero-order valence-corrected chi connectivity index (χ0v) is 13.5. The number of aliphatic hydroxyl groups is 1. The third-order valence-corrected chi connectivity index (χ3v) is 3.71. The van der Waals surface area contributed by atoms with Crippen molar-refractivity contribution in [3.63, 3.8) is 0 Å². The van der Waals surface area contributed by atoms with Crippen LogP contribution >= 0.6 is 15.9 Å². The molecule has 1 N–H and O–H groups in total. The van der Waals surface area contributed by atoms with E-state index in [0.29, 0.717) is 0 Å². The van der Waals surface area contributed by atoms with Gasteiger partial charge < -0.3 is 9.84 Å². The second-order valence-electron chi connectivity index (χ2n) is 5.24. The maximum atomic E-state index is 10.9. The van der Waals surface area contributed by atoms with Crippen LogP contribution in [0.15, 0.2) is 53.0 Å². The van der Waals surface area contributed by atoms with E-state index in [1.54, 1.807) is 6.92 Å². The van der Waals surface area contributed by atoms with Crippen LogP contribution in [0.3, 0.4) is 0 Å². The maximum absolute atomic E-state index is 10.9. The highest BCUT2D eigenvalue weighted by Gasteiger charge is 2.29. The maximum Gasteiger partial charge on any atom is 0.126 e. The smallest absolute Gasteiger partial charge is 0.126 e. The normalized spacial score (nSPS) is 14.1. The minimum atomic E-state index is -1.09. The van der Waals surface area contributed by atoms with Crippen molar-refractivity contribution in [1.29, 1.82) is 0 Å². The molecule has 2 rings (SSSR count). The fourth-order valence-electron chi connectivity index (χ4n) is 2.16. The van der Waals surface area contributed by atoms with Crippen LogP contribution in [0, 0.1) is 0 Å². The Balaban J connectivity index is 2.45. The van der Waals surface area contributed by atoms with Gasteiger partial charge in [0.1, 0.15) is 11.4 Å². The third-order valence-electron chi connectivity index (χ3n) is 3.18. The highest BCUT2D eigenvalue weighted by molar-refractivity contribution is 9.10. The van der Waals surface area contributed by atoms with Crippen LogP contribution in [0.25, 0.3) is 0 Å². The molecule has 0 saturated carbocycles. The summed E-state index contributed by atoms with van der Waals surface area (Å²) in [6.07, 6.45) is 0.0665. The van der Waals surface area contributed by atoms with Crippen molar-refractivity contribution in [2.75, 3.05) is 0 Å². The lowest BCUT2D eigenvalue weighted by molar-refractivity contribution is 0.0958. The summed E-state index contributed by atoms with van der Waals surface area (Å²) in [6.45, 7) is 5.75. The van der Waals surface area contributed by atoms with Gasteiger partial charge in [0.2, 0.25) is 0 Å². The lowest BCUT2D eigenvalue weighted by Crippen LogP contribution is -2.24. The summed E-state index contributed by atoms with van der Waals surface area (Å²) in [5.41, 5.74) is 0.517. The van der Waals surface area contributed by atoms with Crippen LogP contribution in [-0.2, 0) is 5.60 Å². The average molecular weight is 335 g/mol. The van der Waals surface area contributed by atoms with Crippen molar-refractivity contribution in [3.05, 3.63) is 64.1 Å². The fraction of sp³-hybridized carbons (Fsp3) is 0.294. The second-order valence-corrected chi connectivity index (χ2v) is 6.16. The molecular weight excluding hydrogens is 316 g/mol. The van der Waals surface area contributed by atoms with E-state index in [-0.39, 0.29) is 6.10 Å². The van der Waals surface area contributed by atoms with Crippen molar-refractivity contribution >= 4 is 15.9 Å². The number of benzene rings is 2. The van der Waals surface area contributed by atoms with E-state index < -0.39 is 5.60 Å². The zero-order valence-electron chi connectivity index (χ0n) is 11.9. The molecule has 20 heavy (non-hydrogen) atoms. The Hall–Kier alpha value is -1.32. The van der Waals surface area contributed by atoms with E-state index in [2.05, 4.69) is 15.9 Å². The molecule has 0 spiro atoms. The molecule has 2 nitrogen and oxygen atoms in total. The number of ether oxygens (including phenoxy) is 1. The third kappa shape index (κ3) is 3.22. The second kappa shape index (κ2) is 5.98. The van der Waals surface area contributed by atoms with Crippen molar-refractivity contribution < 1.29 is 9.84 Å².